The molecule has 0 radical (unpaired) electrons. The molecule has 0 bridgehead atoms. The highest BCUT2D eigenvalue weighted by Crippen LogP contribution is 2.35. The molecule has 0 unspecified atom stereocenters. The fraction of sp³-hybridized carbons (Fsp3) is 0.750. The van der Waals surface area contributed by atoms with E-state index in [0.29, 0.717) is 6.42 Å². The summed E-state index contributed by atoms with van der Waals surface area (Å²) in [6.07, 6.45) is 6.63. The molecule has 0 amide bonds. The first-order chi connectivity index (χ1) is 6.22. The Hall–Kier alpha value is -0.970. The van der Waals surface area contributed by atoms with E-state index >= 15 is 0 Å². The molecule has 14 heavy (non-hydrogen) atoms. The van der Waals surface area contributed by atoms with Crippen LogP contribution in [0.3, 0.4) is 0 Å². The van der Waals surface area contributed by atoms with E-state index in [9.17, 15) is 4.79 Å². The van der Waals surface area contributed by atoms with Crippen LogP contribution in [0.15, 0.2) is 0 Å². The van der Waals surface area contributed by atoms with Crippen LogP contribution in [0.25, 0.3) is 0 Å². The van der Waals surface area contributed by atoms with Crippen molar-refractivity contribution in [3.63, 3.8) is 0 Å². The molecule has 80 valence electrons. The van der Waals surface area contributed by atoms with Gasteiger partial charge in [-0.15, -0.1) is 12.3 Å². The average Bonchev–Trinajstić information content (AvgIpc) is 2.01. The molecule has 0 aliphatic heterocycles. The van der Waals surface area contributed by atoms with Crippen LogP contribution in [-0.2, 0) is 9.53 Å². The molecule has 0 fully saturated rings. The van der Waals surface area contributed by atoms with Crippen LogP contribution in [-0.4, -0.2) is 13.1 Å². The molecule has 0 rings (SSSR count). The van der Waals surface area contributed by atoms with Crippen molar-refractivity contribution < 1.29 is 9.53 Å². The third-order valence-electron chi connectivity index (χ3n) is 2.16. The summed E-state index contributed by atoms with van der Waals surface area (Å²) >= 11 is 0. The van der Waals surface area contributed by atoms with Crippen molar-refractivity contribution in [3.8, 4) is 12.3 Å². The summed E-state index contributed by atoms with van der Waals surface area (Å²) in [7, 11) is 1.41. The van der Waals surface area contributed by atoms with Crippen LogP contribution < -0.4 is 0 Å². The molecule has 2 nitrogen and oxygen atoms in total. The van der Waals surface area contributed by atoms with Crippen LogP contribution >= 0.6 is 0 Å². The summed E-state index contributed by atoms with van der Waals surface area (Å²) in [5, 5.41) is 0. The monoisotopic (exact) mass is 196 g/mol. The minimum absolute atomic E-state index is 0.108. The van der Waals surface area contributed by atoms with E-state index < -0.39 is 0 Å². The van der Waals surface area contributed by atoms with Gasteiger partial charge in [-0.2, -0.15) is 0 Å². The van der Waals surface area contributed by atoms with Crippen LogP contribution in [0.4, 0.5) is 0 Å². The number of terminal acetylenes is 1. The first-order valence-electron chi connectivity index (χ1n) is 4.77. The Morgan fingerprint density at radius 1 is 1.36 bits per heavy atom. The van der Waals surface area contributed by atoms with Crippen LogP contribution in [0, 0.1) is 23.2 Å². The maximum atomic E-state index is 11.1. The highest BCUT2D eigenvalue weighted by Gasteiger charge is 2.29. The van der Waals surface area contributed by atoms with Crippen molar-refractivity contribution in [2.45, 2.75) is 40.5 Å². The van der Waals surface area contributed by atoms with Gasteiger partial charge in [0.2, 0.25) is 0 Å². The van der Waals surface area contributed by atoms with Gasteiger partial charge < -0.3 is 4.74 Å². The normalized spacial score (nSPS) is 12.0. The highest BCUT2D eigenvalue weighted by atomic mass is 16.5. The zero-order valence-corrected chi connectivity index (χ0v) is 9.81. The Morgan fingerprint density at radius 2 is 1.86 bits per heavy atom. The molecule has 0 saturated heterocycles. The zero-order chi connectivity index (χ0) is 11.4. The predicted molar refractivity (Wildman–Crippen MR) is 57.6 cm³/mol. The van der Waals surface area contributed by atoms with E-state index in [0.717, 1.165) is 6.42 Å². The molecule has 0 N–H and O–H groups in total. The predicted octanol–water partition coefficient (Wildman–Crippen LogP) is 2.63. The lowest BCUT2D eigenvalue weighted by atomic mass is 9.74. The van der Waals surface area contributed by atoms with Gasteiger partial charge in [-0.3, -0.25) is 4.79 Å². The molecule has 0 heterocycles. The Kier molecular flexibility index (Phi) is 4.19. The molecule has 0 atom stereocenters. The Morgan fingerprint density at radius 3 is 2.21 bits per heavy atom. The smallest absolute Gasteiger partial charge is 0.306 e. The first kappa shape index (κ1) is 13.0. The molecule has 2 heteroatoms. The second kappa shape index (κ2) is 4.50. The topological polar surface area (TPSA) is 26.3 Å². The molecule has 0 saturated carbocycles. The SMILES string of the molecule is C#CC(C)(C)CC(C)(C)CC(=O)OC. The van der Waals surface area contributed by atoms with E-state index in [2.05, 4.69) is 10.7 Å². The molecule has 0 aromatic heterocycles. The molecule has 0 aliphatic rings. The van der Waals surface area contributed by atoms with Gasteiger partial charge in [0.25, 0.3) is 0 Å². The van der Waals surface area contributed by atoms with Gasteiger partial charge in [-0.05, 0) is 25.7 Å². The lowest BCUT2D eigenvalue weighted by molar-refractivity contribution is -0.143. The van der Waals surface area contributed by atoms with E-state index in [1.807, 2.05) is 27.7 Å². The Bertz CT molecular complexity index is 244. The van der Waals surface area contributed by atoms with Crippen LogP contribution in [0.5, 0.6) is 0 Å². The summed E-state index contributed by atoms with van der Waals surface area (Å²) in [5.41, 5.74) is -0.277. The third kappa shape index (κ3) is 4.91. The first-order valence-corrected chi connectivity index (χ1v) is 4.77. The van der Waals surface area contributed by atoms with Gasteiger partial charge in [0, 0.05) is 5.41 Å². The van der Waals surface area contributed by atoms with Crippen molar-refractivity contribution in [1.82, 2.24) is 0 Å². The molecule has 0 aromatic rings. The summed E-state index contributed by atoms with van der Waals surface area (Å²) in [6, 6.07) is 0. The zero-order valence-electron chi connectivity index (χ0n) is 9.81. The van der Waals surface area contributed by atoms with Crippen LogP contribution in [0.2, 0.25) is 0 Å². The van der Waals surface area contributed by atoms with Gasteiger partial charge in [-0.25, -0.2) is 0 Å². The van der Waals surface area contributed by atoms with Gasteiger partial charge in [-0.1, -0.05) is 13.8 Å². The lowest BCUT2D eigenvalue weighted by Gasteiger charge is -2.30. The number of esters is 1. The highest BCUT2D eigenvalue weighted by molar-refractivity contribution is 5.69. The summed E-state index contributed by atoms with van der Waals surface area (Å²) in [4.78, 5) is 11.1. The van der Waals surface area contributed by atoms with Gasteiger partial charge >= 0.3 is 5.97 Å². The maximum Gasteiger partial charge on any atom is 0.306 e. The number of hydrogen-bond donors (Lipinski definition) is 0. The summed E-state index contributed by atoms with van der Waals surface area (Å²) in [6.45, 7) is 8.07. The van der Waals surface area contributed by atoms with E-state index in [-0.39, 0.29) is 16.8 Å². The number of carbonyl (C=O) groups is 1. The number of methoxy groups -OCH3 is 1. The number of ether oxygens (including phenoxy) is 1. The minimum atomic E-state index is -0.178. The molecule has 0 aliphatic carbocycles. The van der Waals surface area contributed by atoms with Gasteiger partial charge in [0.05, 0.1) is 13.5 Å². The van der Waals surface area contributed by atoms with Crippen molar-refractivity contribution in [3.05, 3.63) is 0 Å². The standard InChI is InChI=1S/C12H20O2/c1-7-11(2,3)9-12(4,5)8-10(13)14-6/h1H,8-9H2,2-6H3. The summed E-state index contributed by atoms with van der Waals surface area (Å²) < 4.78 is 4.64. The molecule has 0 spiro atoms. The molecular formula is C12H20O2. The Balaban J connectivity index is 4.36. The van der Waals surface area contributed by atoms with Gasteiger partial charge in [0.1, 0.15) is 0 Å². The average molecular weight is 196 g/mol. The number of hydrogen-bond acceptors (Lipinski definition) is 2. The van der Waals surface area contributed by atoms with Crippen molar-refractivity contribution in [2.75, 3.05) is 7.11 Å². The number of rotatable bonds is 4. The van der Waals surface area contributed by atoms with Gasteiger partial charge in [0.15, 0.2) is 0 Å². The minimum Gasteiger partial charge on any atom is -0.469 e. The third-order valence-corrected chi connectivity index (χ3v) is 2.16. The largest absolute Gasteiger partial charge is 0.469 e. The quantitative estimate of drug-likeness (QED) is 0.510. The molecule has 0 aromatic carbocycles. The fourth-order valence-corrected chi connectivity index (χ4v) is 1.77. The van der Waals surface area contributed by atoms with Crippen molar-refractivity contribution >= 4 is 5.97 Å². The van der Waals surface area contributed by atoms with Crippen LogP contribution in [0.1, 0.15) is 40.5 Å². The second-order valence-electron chi connectivity index (χ2n) is 5.12. The Labute approximate surface area is 87.0 Å². The maximum absolute atomic E-state index is 11.1. The van der Waals surface area contributed by atoms with Crippen molar-refractivity contribution in [2.24, 2.45) is 10.8 Å². The lowest BCUT2D eigenvalue weighted by Crippen LogP contribution is -2.25. The summed E-state index contributed by atoms with van der Waals surface area (Å²) in [5.74, 6) is 2.56. The van der Waals surface area contributed by atoms with E-state index in [1.54, 1.807) is 0 Å². The van der Waals surface area contributed by atoms with E-state index in [1.165, 1.54) is 7.11 Å². The second-order valence-corrected chi connectivity index (χ2v) is 5.12. The van der Waals surface area contributed by atoms with E-state index in [4.69, 9.17) is 6.42 Å². The number of carbonyl (C=O) groups excluding carboxylic acids is 1. The van der Waals surface area contributed by atoms with Crippen molar-refractivity contribution in [1.29, 1.82) is 0 Å². The molecular weight excluding hydrogens is 176 g/mol. The fourth-order valence-electron chi connectivity index (χ4n) is 1.77.